The lowest BCUT2D eigenvalue weighted by Gasteiger charge is -2.17. The van der Waals surface area contributed by atoms with E-state index in [-0.39, 0.29) is 0 Å². The number of carbonyl (C=O) groups is 1. The molecule has 122 valence electrons. The Morgan fingerprint density at radius 2 is 1.71 bits per heavy atom. The van der Waals surface area contributed by atoms with Crippen molar-refractivity contribution in [1.82, 2.24) is 9.97 Å². The van der Waals surface area contributed by atoms with E-state index in [0.29, 0.717) is 5.56 Å². The first kappa shape index (κ1) is 16.3. The Bertz CT molecular complexity index is 910. The van der Waals surface area contributed by atoms with Gasteiger partial charge in [-0.15, -0.1) is 11.3 Å². The number of benzene rings is 1. The summed E-state index contributed by atoms with van der Waals surface area (Å²) in [5.74, 6) is -0.413. The molecule has 1 amide bonds. The van der Waals surface area contributed by atoms with E-state index in [9.17, 15) is 4.79 Å². The second-order valence-corrected chi connectivity index (χ2v) is 6.69. The van der Waals surface area contributed by atoms with Gasteiger partial charge in [0.25, 0.3) is 0 Å². The number of hydrogen-bond acceptors (Lipinski definition) is 4. The highest BCUT2D eigenvalue weighted by Gasteiger charge is 2.19. The van der Waals surface area contributed by atoms with Crippen LogP contribution in [0.4, 0.5) is 0 Å². The van der Waals surface area contributed by atoms with Gasteiger partial charge in [-0.2, -0.15) is 0 Å². The van der Waals surface area contributed by atoms with Gasteiger partial charge in [0.2, 0.25) is 5.91 Å². The quantitative estimate of drug-likeness (QED) is 0.778. The molecule has 2 aromatic heterocycles. The highest BCUT2D eigenvalue weighted by atomic mass is 32.1. The summed E-state index contributed by atoms with van der Waals surface area (Å²) in [5, 5.41) is 2.02. The van der Waals surface area contributed by atoms with Crippen LogP contribution in [-0.4, -0.2) is 15.9 Å². The van der Waals surface area contributed by atoms with Crippen LogP contribution in [0, 0.1) is 27.7 Å². The molecule has 0 spiro atoms. The Morgan fingerprint density at radius 1 is 1.04 bits per heavy atom. The first-order valence-corrected chi connectivity index (χ1v) is 8.61. The van der Waals surface area contributed by atoms with Gasteiger partial charge in [0.05, 0.1) is 11.2 Å². The molecule has 4 nitrogen and oxygen atoms in total. The smallest absolute Gasteiger partial charge is 0.248 e. The minimum Gasteiger partial charge on any atom is -0.366 e. The zero-order valence-electron chi connectivity index (χ0n) is 14.2. The fourth-order valence-corrected chi connectivity index (χ4v) is 3.60. The summed E-state index contributed by atoms with van der Waals surface area (Å²) in [6.45, 7) is 7.88. The standard InChI is InChI=1S/C19H19N3OS/c1-10-5-14(6-11(2)22-10)16-7-15(19(20)23)12(3)13(4)18(16)17-8-24-9-21-17/h5-9H,1-4H3,(H2,20,23). The summed E-state index contributed by atoms with van der Waals surface area (Å²) in [4.78, 5) is 20.8. The van der Waals surface area contributed by atoms with Crippen molar-refractivity contribution >= 4 is 17.2 Å². The SMILES string of the molecule is Cc1cc(-c2cc(C(N)=O)c(C)c(C)c2-c2cscn2)cc(C)n1. The summed E-state index contributed by atoms with van der Waals surface area (Å²) in [6, 6.07) is 5.93. The third kappa shape index (κ3) is 2.83. The van der Waals surface area contributed by atoms with Gasteiger partial charge in [0.15, 0.2) is 0 Å². The number of aryl methyl sites for hydroxylation is 2. The number of aromatic nitrogens is 2. The molecular formula is C19H19N3OS. The van der Waals surface area contributed by atoms with Gasteiger partial charge in [0.1, 0.15) is 0 Å². The minimum atomic E-state index is -0.413. The molecule has 5 heteroatoms. The van der Waals surface area contributed by atoms with Crippen molar-refractivity contribution in [2.24, 2.45) is 5.73 Å². The van der Waals surface area contributed by atoms with Gasteiger partial charge >= 0.3 is 0 Å². The van der Waals surface area contributed by atoms with E-state index >= 15 is 0 Å². The van der Waals surface area contributed by atoms with Crippen LogP contribution >= 0.6 is 11.3 Å². The second kappa shape index (κ2) is 6.17. The Hall–Kier alpha value is -2.53. The monoisotopic (exact) mass is 337 g/mol. The zero-order chi connectivity index (χ0) is 17.4. The van der Waals surface area contributed by atoms with Crippen LogP contribution in [-0.2, 0) is 0 Å². The maximum atomic E-state index is 11.9. The van der Waals surface area contributed by atoms with Crippen molar-refractivity contribution in [3.8, 4) is 22.4 Å². The maximum absolute atomic E-state index is 11.9. The average molecular weight is 337 g/mol. The van der Waals surface area contributed by atoms with Crippen molar-refractivity contribution in [3.63, 3.8) is 0 Å². The highest BCUT2D eigenvalue weighted by Crippen LogP contribution is 2.38. The van der Waals surface area contributed by atoms with E-state index in [2.05, 4.69) is 9.97 Å². The minimum absolute atomic E-state index is 0.413. The molecule has 0 saturated carbocycles. The molecule has 0 aliphatic heterocycles. The molecule has 0 bridgehead atoms. The van der Waals surface area contributed by atoms with Crippen LogP contribution in [0.3, 0.4) is 0 Å². The number of primary amides is 1. The van der Waals surface area contributed by atoms with Crippen molar-refractivity contribution in [1.29, 1.82) is 0 Å². The Balaban J connectivity index is 2.40. The van der Waals surface area contributed by atoms with Crippen LogP contribution in [0.2, 0.25) is 0 Å². The summed E-state index contributed by atoms with van der Waals surface area (Å²) in [7, 11) is 0. The molecule has 0 radical (unpaired) electrons. The molecule has 2 heterocycles. The second-order valence-electron chi connectivity index (χ2n) is 5.97. The predicted octanol–water partition coefficient (Wildman–Crippen LogP) is 4.20. The Labute approximate surface area is 145 Å². The molecule has 0 aliphatic carbocycles. The van der Waals surface area contributed by atoms with E-state index < -0.39 is 5.91 Å². The number of thiazole rings is 1. The number of nitrogens with zero attached hydrogens (tertiary/aromatic N) is 2. The molecule has 24 heavy (non-hydrogen) atoms. The van der Waals surface area contributed by atoms with Gasteiger partial charge in [0, 0.05) is 27.9 Å². The molecule has 3 aromatic rings. The van der Waals surface area contributed by atoms with Crippen molar-refractivity contribution in [2.75, 3.05) is 0 Å². The van der Waals surface area contributed by atoms with Gasteiger partial charge < -0.3 is 5.73 Å². The molecule has 0 unspecified atom stereocenters. The van der Waals surface area contributed by atoms with Crippen molar-refractivity contribution < 1.29 is 4.79 Å². The lowest BCUT2D eigenvalue weighted by Crippen LogP contribution is -2.14. The van der Waals surface area contributed by atoms with E-state index in [0.717, 1.165) is 44.9 Å². The van der Waals surface area contributed by atoms with Crippen LogP contribution < -0.4 is 5.73 Å². The first-order valence-electron chi connectivity index (χ1n) is 7.66. The van der Waals surface area contributed by atoms with Crippen LogP contribution in [0.1, 0.15) is 32.9 Å². The number of rotatable bonds is 3. The number of hydrogen-bond donors (Lipinski definition) is 1. The lowest BCUT2D eigenvalue weighted by molar-refractivity contribution is 0.0999. The molecule has 0 atom stereocenters. The first-order chi connectivity index (χ1) is 11.4. The third-order valence-electron chi connectivity index (χ3n) is 4.25. The molecule has 0 aliphatic rings. The van der Waals surface area contributed by atoms with E-state index in [1.165, 1.54) is 0 Å². The molecule has 2 N–H and O–H groups in total. The van der Waals surface area contributed by atoms with Gasteiger partial charge in [-0.1, -0.05) is 0 Å². The van der Waals surface area contributed by atoms with Gasteiger partial charge in [-0.25, -0.2) is 4.98 Å². The summed E-state index contributed by atoms with van der Waals surface area (Å²) >= 11 is 1.55. The number of pyridine rings is 1. The molecule has 0 fully saturated rings. The fraction of sp³-hybridized carbons (Fsp3) is 0.211. The third-order valence-corrected chi connectivity index (χ3v) is 4.83. The van der Waals surface area contributed by atoms with Crippen LogP contribution in [0.5, 0.6) is 0 Å². The lowest BCUT2D eigenvalue weighted by atomic mass is 9.88. The Morgan fingerprint density at radius 3 is 2.25 bits per heavy atom. The van der Waals surface area contributed by atoms with Gasteiger partial charge in [-0.3, -0.25) is 9.78 Å². The van der Waals surface area contributed by atoms with Crippen LogP contribution in [0.15, 0.2) is 29.1 Å². The summed E-state index contributed by atoms with van der Waals surface area (Å²) < 4.78 is 0. The zero-order valence-corrected chi connectivity index (χ0v) is 15.0. The predicted molar refractivity (Wildman–Crippen MR) is 98.2 cm³/mol. The number of amides is 1. The van der Waals surface area contributed by atoms with E-state index in [4.69, 9.17) is 5.73 Å². The van der Waals surface area contributed by atoms with Crippen molar-refractivity contribution in [2.45, 2.75) is 27.7 Å². The molecule has 1 aromatic carbocycles. The van der Waals surface area contributed by atoms with Crippen molar-refractivity contribution in [3.05, 3.63) is 57.2 Å². The van der Waals surface area contributed by atoms with Gasteiger partial charge in [-0.05, 0) is 68.1 Å². The molecular weight excluding hydrogens is 318 g/mol. The highest BCUT2D eigenvalue weighted by molar-refractivity contribution is 7.07. The average Bonchev–Trinajstić information content (AvgIpc) is 3.02. The van der Waals surface area contributed by atoms with E-state index in [1.807, 2.05) is 56.8 Å². The summed E-state index contributed by atoms with van der Waals surface area (Å²) in [6.07, 6.45) is 0. The largest absolute Gasteiger partial charge is 0.366 e. The van der Waals surface area contributed by atoms with E-state index in [1.54, 1.807) is 11.3 Å². The topological polar surface area (TPSA) is 68.9 Å². The maximum Gasteiger partial charge on any atom is 0.248 e. The van der Waals surface area contributed by atoms with Crippen LogP contribution in [0.25, 0.3) is 22.4 Å². The Kier molecular flexibility index (Phi) is 4.20. The number of nitrogens with two attached hydrogens (primary N) is 1. The normalized spacial score (nSPS) is 10.8. The molecule has 3 rings (SSSR count). The fourth-order valence-electron chi connectivity index (χ4n) is 3.06. The molecule has 0 saturated heterocycles. The number of carbonyl (C=O) groups excluding carboxylic acids is 1. The summed E-state index contributed by atoms with van der Waals surface area (Å²) in [5.41, 5.74) is 15.7.